The van der Waals surface area contributed by atoms with E-state index in [9.17, 15) is 4.79 Å². The Morgan fingerprint density at radius 2 is 1.73 bits per heavy atom. The highest BCUT2D eigenvalue weighted by atomic mass is 16.1. The average Bonchev–Trinajstić information content (AvgIpc) is 3.14. The van der Waals surface area contributed by atoms with Crippen LogP contribution in [0.25, 0.3) is 27.5 Å². The van der Waals surface area contributed by atoms with Gasteiger partial charge in [-0.15, -0.1) is 0 Å². The third kappa shape index (κ3) is 5.75. The number of benzene rings is 2. The topological polar surface area (TPSA) is 33.2 Å². The van der Waals surface area contributed by atoms with Gasteiger partial charge in [0, 0.05) is 42.2 Å². The molecule has 2 aromatic carbocycles. The maximum atomic E-state index is 12.5. The fraction of sp³-hybridized carbons (Fsp3) is 0.200. The molecule has 0 amide bonds. The maximum absolute atomic E-state index is 12.5. The molecule has 2 heterocycles. The Kier molecular flexibility index (Phi) is 8.54. The van der Waals surface area contributed by atoms with Gasteiger partial charge in [0.2, 0.25) is 0 Å². The molecule has 0 spiro atoms. The Morgan fingerprint density at radius 3 is 2.48 bits per heavy atom. The molecule has 0 saturated heterocycles. The summed E-state index contributed by atoms with van der Waals surface area (Å²) in [6, 6.07) is 16.6. The standard InChI is InChI=1S/C28H26N2O.C2H6/c1-3-4-12-28(31)21(2)30-17-8-7-10-25(20-30)22-13-15-23(16-14-22)27-19-29-18-24-9-5-6-11-26(24)27;1-2/h3-11,13-21H,12H2,1-2H3;1-2H3/b4-3+;. The summed E-state index contributed by atoms with van der Waals surface area (Å²) in [5.74, 6) is 0.194. The molecule has 0 bridgehead atoms. The lowest BCUT2D eigenvalue weighted by molar-refractivity contribution is -0.121. The molecule has 3 aromatic rings. The molecular weight excluding hydrogens is 404 g/mol. The van der Waals surface area contributed by atoms with E-state index in [1.54, 1.807) is 0 Å². The number of pyridine rings is 1. The molecule has 3 heteroatoms. The van der Waals surface area contributed by atoms with E-state index in [1.165, 1.54) is 5.39 Å². The van der Waals surface area contributed by atoms with E-state index >= 15 is 0 Å². The van der Waals surface area contributed by atoms with Gasteiger partial charge in [0.1, 0.15) is 0 Å². The van der Waals surface area contributed by atoms with E-state index in [4.69, 9.17) is 0 Å². The average molecular weight is 437 g/mol. The second-order valence-electron chi connectivity index (χ2n) is 7.63. The Bertz CT molecular complexity index is 1190. The molecular formula is C30H32N2O. The first-order valence-corrected chi connectivity index (χ1v) is 11.6. The normalized spacial score (nSPS) is 13.9. The zero-order valence-corrected chi connectivity index (χ0v) is 19.9. The SMILES string of the molecule is C/C=C/CC(=O)C(C)N1C=CC=CC(c2ccc(-c3cncc4ccccc34)cc2)=C1.CC. The number of Topliss-reactive ketones (excluding diaryl/α,β-unsaturated/α-hetero) is 1. The third-order valence-corrected chi connectivity index (χ3v) is 5.60. The minimum Gasteiger partial charge on any atom is -0.344 e. The lowest BCUT2D eigenvalue weighted by Crippen LogP contribution is -2.31. The van der Waals surface area contributed by atoms with Crippen LogP contribution in [0.15, 0.2) is 104 Å². The largest absolute Gasteiger partial charge is 0.344 e. The van der Waals surface area contributed by atoms with Crippen molar-refractivity contribution in [3.05, 3.63) is 109 Å². The molecule has 0 N–H and O–H groups in total. The van der Waals surface area contributed by atoms with E-state index in [-0.39, 0.29) is 11.8 Å². The number of rotatable bonds is 6. The highest BCUT2D eigenvalue weighted by molar-refractivity contribution is 5.96. The van der Waals surface area contributed by atoms with Gasteiger partial charge in [-0.1, -0.05) is 86.7 Å². The predicted octanol–water partition coefficient (Wildman–Crippen LogP) is 7.58. The molecule has 0 saturated carbocycles. The number of allylic oxidation sites excluding steroid dienone is 6. The molecule has 1 unspecified atom stereocenters. The van der Waals surface area contributed by atoms with Gasteiger partial charge in [-0.2, -0.15) is 0 Å². The summed E-state index contributed by atoms with van der Waals surface area (Å²) < 4.78 is 0. The molecule has 1 atom stereocenters. The van der Waals surface area contributed by atoms with Crippen molar-refractivity contribution < 1.29 is 4.79 Å². The summed E-state index contributed by atoms with van der Waals surface area (Å²) in [7, 11) is 0. The van der Waals surface area contributed by atoms with E-state index in [2.05, 4.69) is 53.5 Å². The first kappa shape index (κ1) is 23.9. The second kappa shape index (κ2) is 11.8. The van der Waals surface area contributed by atoms with Gasteiger partial charge in [0.25, 0.3) is 0 Å². The van der Waals surface area contributed by atoms with Crippen LogP contribution in [0.2, 0.25) is 0 Å². The van der Waals surface area contributed by atoms with Crippen LogP contribution in [-0.4, -0.2) is 21.7 Å². The summed E-state index contributed by atoms with van der Waals surface area (Å²) in [6.07, 6.45) is 18.2. The fourth-order valence-electron chi connectivity index (χ4n) is 3.73. The third-order valence-electron chi connectivity index (χ3n) is 5.60. The first-order chi connectivity index (χ1) is 16.2. The van der Waals surface area contributed by atoms with Crippen LogP contribution in [0.3, 0.4) is 0 Å². The molecule has 4 rings (SSSR count). The number of hydrogen-bond donors (Lipinski definition) is 0. The molecule has 168 valence electrons. The van der Waals surface area contributed by atoms with Crippen LogP contribution in [0, 0.1) is 0 Å². The Balaban J connectivity index is 0.00000149. The van der Waals surface area contributed by atoms with Gasteiger partial charge < -0.3 is 4.90 Å². The van der Waals surface area contributed by atoms with Crippen LogP contribution in [-0.2, 0) is 4.79 Å². The number of ketones is 1. The highest BCUT2D eigenvalue weighted by Gasteiger charge is 2.17. The van der Waals surface area contributed by atoms with Crippen LogP contribution < -0.4 is 0 Å². The first-order valence-electron chi connectivity index (χ1n) is 11.6. The van der Waals surface area contributed by atoms with Gasteiger partial charge in [0.05, 0.1) is 6.04 Å². The number of aromatic nitrogens is 1. The van der Waals surface area contributed by atoms with Crippen molar-refractivity contribution in [3.63, 3.8) is 0 Å². The van der Waals surface area contributed by atoms with Gasteiger partial charge in [-0.25, -0.2) is 0 Å². The number of carbonyl (C=O) groups excluding carboxylic acids is 1. The number of nitrogens with zero attached hydrogens (tertiary/aromatic N) is 2. The lowest BCUT2D eigenvalue weighted by atomic mass is 9.98. The van der Waals surface area contributed by atoms with E-state index in [0.717, 1.165) is 27.6 Å². The van der Waals surface area contributed by atoms with Crippen LogP contribution in [0.4, 0.5) is 0 Å². The van der Waals surface area contributed by atoms with Crippen molar-refractivity contribution in [2.75, 3.05) is 0 Å². The number of carbonyl (C=O) groups is 1. The second-order valence-corrected chi connectivity index (χ2v) is 7.63. The van der Waals surface area contributed by atoms with Gasteiger partial charge >= 0.3 is 0 Å². The fourth-order valence-corrected chi connectivity index (χ4v) is 3.73. The minimum atomic E-state index is -0.219. The van der Waals surface area contributed by atoms with Crippen molar-refractivity contribution >= 4 is 22.1 Å². The van der Waals surface area contributed by atoms with E-state index < -0.39 is 0 Å². The summed E-state index contributed by atoms with van der Waals surface area (Å²) in [5.41, 5.74) is 4.44. The Morgan fingerprint density at radius 1 is 1.00 bits per heavy atom. The maximum Gasteiger partial charge on any atom is 0.159 e. The molecule has 0 aliphatic carbocycles. The number of hydrogen-bond acceptors (Lipinski definition) is 3. The zero-order chi connectivity index (χ0) is 23.6. The highest BCUT2D eigenvalue weighted by Crippen LogP contribution is 2.29. The van der Waals surface area contributed by atoms with Crippen LogP contribution >= 0.6 is 0 Å². The van der Waals surface area contributed by atoms with E-state index in [0.29, 0.717) is 6.42 Å². The molecule has 1 aromatic heterocycles. The lowest BCUT2D eigenvalue weighted by Gasteiger charge is -2.23. The smallest absolute Gasteiger partial charge is 0.159 e. The summed E-state index contributed by atoms with van der Waals surface area (Å²) in [5, 5.41) is 2.33. The summed E-state index contributed by atoms with van der Waals surface area (Å²) in [4.78, 5) is 18.9. The number of fused-ring (bicyclic) bond motifs is 1. The minimum absolute atomic E-state index is 0.194. The molecule has 33 heavy (non-hydrogen) atoms. The van der Waals surface area contributed by atoms with Crippen molar-refractivity contribution in [2.45, 2.75) is 40.2 Å². The van der Waals surface area contributed by atoms with Crippen molar-refractivity contribution in [3.8, 4) is 11.1 Å². The van der Waals surface area contributed by atoms with Crippen LogP contribution in [0.5, 0.6) is 0 Å². The monoisotopic (exact) mass is 436 g/mol. The van der Waals surface area contributed by atoms with Gasteiger partial charge in [0.15, 0.2) is 5.78 Å². The molecule has 0 fully saturated rings. The van der Waals surface area contributed by atoms with Crippen molar-refractivity contribution in [2.24, 2.45) is 0 Å². The quantitative estimate of drug-likeness (QED) is 0.373. The van der Waals surface area contributed by atoms with Gasteiger partial charge in [-0.3, -0.25) is 9.78 Å². The summed E-state index contributed by atoms with van der Waals surface area (Å²) in [6.45, 7) is 7.88. The van der Waals surface area contributed by atoms with Crippen molar-refractivity contribution in [1.29, 1.82) is 0 Å². The Hall–Kier alpha value is -3.72. The molecule has 0 radical (unpaired) electrons. The molecule has 1 aliphatic rings. The van der Waals surface area contributed by atoms with E-state index in [1.807, 2.05) is 87.8 Å². The molecule has 1 aliphatic heterocycles. The van der Waals surface area contributed by atoms with Crippen LogP contribution in [0.1, 0.15) is 39.7 Å². The Labute approximate surface area is 197 Å². The van der Waals surface area contributed by atoms with Gasteiger partial charge in [-0.05, 0) is 42.0 Å². The zero-order valence-electron chi connectivity index (χ0n) is 19.9. The molecule has 3 nitrogen and oxygen atoms in total. The predicted molar refractivity (Wildman–Crippen MR) is 141 cm³/mol. The van der Waals surface area contributed by atoms with Crippen molar-refractivity contribution in [1.82, 2.24) is 9.88 Å². The summed E-state index contributed by atoms with van der Waals surface area (Å²) >= 11 is 0.